The summed E-state index contributed by atoms with van der Waals surface area (Å²) < 4.78 is 7.63. The zero-order valence-electron chi connectivity index (χ0n) is 21.3. The normalized spacial score (nSPS) is 14.8. The van der Waals surface area contributed by atoms with Crippen molar-refractivity contribution in [3.8, 4) is 5.75 Å². The number of benzene rings is 3. The van der Waals surface area contributed by atoms with Gasteiger partial charge in [0.2, 0.25) is 5.91 Å². The van der Waals surface area contributed by atoms with Crippen molar-refractivity contribution in [1.29, 1.82) is 0 Å². The Morgan fingerprint density at radius 1 is 1.00 bits per heavy atom. The van der Waals surface area contributed by atoms with Crippen molar-refractivity contribution in [1.82, 2.24) is 14.5 Å². The van der Waals surface area contributed by atoms with E-state index >= 15 is 0 Å². The first kappa shape index (κ1) is 24.1. The van der Waals surface area contributed by atoms with E-state index in [1.807, 2.05) is 37.3 Å². The first-order chi connectivity index (χ1) is 17.5. The van der Waals surface area contributed by atoms with Crippen molar-refractivity contribution < 1.29 is 9.53 Å². The van der Waals surface area contributed by atoms with Gasteiger partial charge in [0.05, 0.1) is 24.7 Å². The van der Waals surface area contributed by atoms with E-state index in [0.29, 0.717) is 0 Å². The van der Waals surface area contributed by atoms with Crippen LogP contribution in [-0.2, 0) is 17.9 Å². The maximum absolute atomic E-state index is 12.9. The van der Waals surface area contributed by atoms with Crippen molar-refractivity contribution >= 4 is 22.6 Å². The van der Waals surface area contributed by atoms with Crippen molar-refractivity contribution in [2.45, 2.75) is 39.8 Å². The highest BCUT2D eigenvalue weighted by molar-refractivity contribution is 5.93. The van der Waals surface area contributed by atoms with Crippen LogP contribution in [0.4, 0.5) is 5.69 Å². The lowest BCUT2D eigenvalue weighted by molar-refractivity contribution is -0.121. The summed E-state index contributed by atoms with van der Waals surface area (Å²) in [5, 5.41) is 3.15. The number of hydrogen-bond donors (Lipinski definition) is 1. The molecule has 1 aromatic heterocycles. The number of fused-ring (bicyclic) bond motifs is 1. The predicted molar refractivity (Wildman–Crippen MR) is 144 cm³/mol. The number of carbonyl (C=O) groups is 1. The van der Waals surface area contributed by atoms with E-state index in [0.717, 1.165) is 72.9 Å². The zero-order valence-corrected chi connectivity index (χ0v) is 21.3. The van der Waals surface area contributed by atoms with Crippen molar-refractivity contribution in [3.05, 3.63) is 89.2 Å². The number of para-hydroxylation sites is 2. The van der Waals surface area contributed by atoms with Gasteiger partial charge in [-0.15, -0.1) is 0 Å². The van der Waals surface area contributed by atoms with Gasteiger partial charge in [-0.3, -0.25) is 9.69 Å². The third-order valence-corrected chi connectivity index (χ3v) is 7.20. The fourth-order valence-corrected chi connectivity index (χ4v) is 5.08. The summed E-state index contributed by atoms with van der Waals surface area (Å²) in [5.74, 6) is 2.09. The van der Waals surface area contributed by atoms with E-state index in [1.165, 1.54) is 11.1 Å². The number of aryl methyl sites for hydroxylation is 2. The van der Waals surface area contributed by atoms with Crippen molar-refractivity contribution in [2.75, 3.05) is 25.5 Å². The molecule has 5 rings (SSSR count). The molecule has 4 aromatic rings. The van der Waals surface area contributed by atoms with Gasteiger partial charge in [0.25, 0.3) is 0 Å². The summed E-state index contributed by atoms with van der Waals surface area (Å²) >= 11 is 0. The van der Waals surface area contributed by atoms with Crippen LogP contribution in [0.2, 0.25) is 0 Å². The molecule has 0 atom stereocenters. The molecule has 186 valence electrons. The number of nitrogens with one attached hydrogen (secondary N) is 1. The van der Waals surface area contributed by atoms with E-state index in [9.17, 15) is 4.79 Å². The van der Waals surface area contributed by atoms with Gasteiger partial charge in [0, 0.05) is 18.2 Å². The first-order valence-corrected chi connectivity index (χ1v) is 12.7. The van der Waals surface area contributed by atoms with Gasteiger partial charge in [-0.25, -0.2) is 4.98 Å². The van der Waals surface area contributed by atoms with Gasteiger partial charge in [-0.2, -0.15) is 0 Å². The minimum Gasteiger partial charge on any atom is -0.497 e. The van der Waals surface area contributed by atoms with E-state index in [4.69, 9.17) is 9.72 Å². The minimum atomic E-state index is 0.0417. The molecule has 1 saturated heterocycles. The van der Waals surface area contributed by atoms with Crippen molar-refractivity contribution in [3.63, 3.8) is 0 Å². The Labute approximate surface area is 212 Å². The summed E-state index contributed by atoms with van der Waals surface area (Å²) in [5.41, 5.74) is 6.60. The number of carbonyl (C=O) groups excluding carboxylic acids is 1. The maximum atomic E-state index is 12.9. The van der Waals surface area contributed by atoms with Crippen LogP contribution in [0.1, 0.15) is 35.4 Å². The lowest BCUT2D eigenvalue weighted by atomic mass is 9.95. The summed E-state index contributed by atoms with van der Waals surface area (Å²) in [6.07, 6.45) is 1.71. The Balaban J connectivity index is 1.25. The Kier molecular flexibility index (Phi) is 7.05. The molecule has 0 radical (unpaired) electrons. The highest BCUT2D eigenvalue weighted by atomic mass is 16.5. The van der Waals surface area contributed by atoms with Gasteiger partial charge < -0.3 is 14.6 Å². The lowest BCUT2D eigenvalue weighted by Crippen LogP contribution is -2.38. The number of anilines is 1. The smallest absolute Gasteiger partial charge is 0.227 e. The molecule has 0 aliphatic carbocycles. The molecule has 1 fully saturated rings. The third kappa shape index (κ3) is 5.29. The topological polar surface area (TPSA) is 59.4 Å². The SMILES string of the molecule is COc1ccc(Cn2c(CN3CCC(C(=O)Nc4ccc(C)cc4C)CC3)nc3ccccc32)cc1. The Morgan fingerprint density at radius 3 is 2.47 bits per heavy atom. The molecule has 1 aliphatic heterocycles. The molecule has 0 spiro atoms. The summed E-state index contributed by atoms with van der Waals surface area (Å²) in [6, 6.07) is 22.7. The number of imidazole rings is 1. The maximum Gasteiger partial charge on any atom is 0.227 e. The van der Waals surface area contributed by atoms with E-state index in [-0.39, 0.29) is 11.8 Å². The number of amides is 1. The number of nitrogens with zero attached hydrogens (tertiary/aromatic N) is 3. The van der Waals surface area contributed by atoms with Crippen LogP contribution in [0.25, 0.3) is 11.0 Å². The van der Waals surface area contributed by atoms with E-state index < -0.39 is 0 Å². The molecule has 0 bridgehead atoms. The summed E-state index contributed by atoms with van der Waals surface area (Å²) in [4.78, 5) is 20.3. The zero-order chi connectivity index (χ0) is 25.1. The lowest BCUT2D eigenvalue weighted by Gasteiger charge is -2.31. The van der Waals surface area contributed by atoms with Crippen LogP contribution in [-0.4, -0.2) is 40.6 Å². The molecular formula is C30H34N4O2. The number of aromatic nitrogens is 2. The van der Waals surface area contributed by atoms with Crippen LogP contribution >= 0.6 is 0 Å². The summed E-state index contributed by atoms with van der Waals surface area (Å²) in [6.45, 7) is 7.42. The standard InChI is InChI=1S/C30H34N4O2/c1-21-8-13-26(22(2)18-21)32-30(35)24-14-16-33(17-15-24)20-29-31-27-6-4-5-7-28(27)34(29)19-23-9-11-25(36-3)12-10-23/h4-13,18,24H,14-17,19-20H2,1-3H3,(H,32,35). The number of methoxy groups -OCH3 is 1. The number of hydrogen-bond acceptors (Lipinski definition) is 4. The summed E-state index contributed by atoms with van der Waals surface area (Å²) in [7, 11) is 1.69. The average Bonchev–Trinajstić information content (AvgIpc) is 3.23. The molecule has 3 aromatic carbocycles. The predicted octanol–water partition coefficient (Wildman–Crippen LogP) is 5.56. The van der Waals surface area contributed by atoms with Crippen LogP contribution in [0, 0.1) is 19.8 Å². The second kappa shape index (κ2) is 10.5. The average molecular weight is 483 g/mol. The van der Waals surface area contributed by atoms with Crippen LogP contribution < -0.4 is 10.1 Å². The molecule has 0 saturated carbocycles. The second-order valence-electron chi connectivity index (χ2n) is 9.81. The minimum absolute atomic E-state index is 0.0417. The number of piperidine rings is 1. The number of ether oxygens (including phenoxy) is 1. The Bertz CT molecular complexity index is 1350. The van der Waals surface area contributed by atoms with Crippen LogP contribution in [0.15, 0.2) is 66.7 Å². The molecule has 6 heteroatoms. The van der Waals surface area contributed by atoms with Gasteiger partial charge in [0.15, 0.2) is 0 Å². The van der Waals surface area contributed by atoms with Crippen molar-refractivity contribution in [2.24, 2.45) is 5.92 Å². The molecule has 1 aliphatic rings. The van der Waals surface area contributed by atoms with Crippen LogP contribution in [0.3, 0.4) is 0 Å². The monoisotopic (exact) mass is 482 g/mol. The first-order valence-electron chi connectivity index (χ1n) is 12.7. The van der Waals surface area contributed by atoms with Gasteiger partial charge in [-0.05, 0) is 81.2 Å². The molecule has 1 N–H and O–H groups in total. The Morgan fingerprint density at radius 2 is 1.75 bits per heavy atom. The fraction of sp³-hybridized carbons (Fsp3) is 0.333. The van der Waals surface area contributed by atoms with E-state index in [1.54, 1.807) is 7.11 Å². The molecular weight excluding hydrogens is 448 g/mol. The molecule has 36 heavy (non-hydrogen) atoms. The highest BCUT2D eigenvalue weighted by Crippen LogP contribution is 2.25. The quantitative estimate of drug-likeness (QED) is 0.375. The molecule has 2 heterocycles. The largest absolute Gasteiger partial charge is 0.497 e. The third-order valence-electron chi connectivity index (χ3n) is 7.20. The second-order valence-corrected chi connectivity index (χ2v) is 9.81. The van der Waals surface area contributed by atoms with Crippen LogP contribution in [0.5, 0.6) is 5.75 Å². The van der Waals surface area contributed by atoms with Gasteiger partial charge in [-0.1, -0.05) is 42.0 Å². The number of likely N-dealkylation sites (tertiary alicyclic amines) is 1. The molecule has 6 nitrogen and oxygen atoms in total. The van der Waals surface area contributed by atoms with E-state index in [2.05, 4.69) is 58.1 Å². The molecule has 0 unspecified atom stereocenters. The van der Waals surface area contributed by atoms with Gasteiger partial charge >= 0.3 is 0 Å². The fourth-order valence-electron chi connectivity index (χ4n) is 5.08. The van der Waals surface area contributed by atoms with Gasteiger partial charge in [0.1, 0.15) is 11.6 Å². The number of rotatable bonds is 7. The highest BCUT2D eigenvalue weighted by Gasteiger charge is 2.26. The molecule has 1 amide bonds. The Hall–Kier alpha value is -3.64.